The molecule has 1 N–H and O–H groups in total. The van der Waals surface area contributed by atoms with Crippen molar-refractivity contribution in [2.75, 3.05) is 0 Å². The summed E-state index contributed by atoms with van der Waals surface area (Å²) in [6.45, 7) is 6.66. The predicted octanol–water partition coefficient (Wildman–Crippen LogP) is 5.98. The van der Waals surface area contributed by atoms with Crippen LogP contribution in [0.5, 0.6) is 0 Å². The highest BCUT2D eigenvalue weighted by Crippen LogP contribution is 2.49. The van der Waals surface area contributed by atoms with Gasteiger partial charge in [0, 0.05) is 5.56 Å². The van der Waals surface area contributed by atoms with Crippen LogP contribution in [0.25, 0.3) is 11.1 Å². The minimum atomic E-state index is -0.174. The molecule has 2 aromatic rings. The Kier molecular flexibility index (Phi) is 4.78. The minimum absolute atomic E-state index is 0.0245. The van der Waals surface area contributed by atoms with Crippen LogP contribution in [-0.4, -0.2) is 5.11 Å². The van der Waals surface area contributed by atoms with E-state index in [-0.39, 0.29) is 17.8 Å². The SMILES string of the molecule is Cc1ccc(F)c(-c2ccc(CO)cc2C2CCCCC2(C)C)c1. The summed E-state index contributed by atoms with van der Waals surface area (Å²) >= 11 is 0. The van der Waals surface area contributed by atoms with E-state index in [1.807, 2.05) is 31.2 Å². The summed E-state index contributed by atoms with van der Waals surface area (Å²) in [6, 6.07) is 11.3. The maximum Gasteiger partial charge on any atom is 0.131 e. The predicted molar refractivity (Wildman–Crippen MR) is 97.5 cm³/mol. The van der Waals surface area contributed by atoms with Gasteiger partial charge in [0.15, 0.2) is 0 Å². The van der Waals surface area contributed by atoms with Crippen molar-refractivity contribution < 1.29 is 9.50 Å². The highest BCUT2D eigenvalue weighted by Gasteiger charge is 2.35. The average molecular weight is 326 g/mol. The first-order chi connectivity index (χ1) is 11.4. The molecule has 0 spiro atoms. The van der Waals surface area contributed by atoms with Crippen LogP contribution in [0.2, 0.25) is 0 Å². The van der Waals surface area contributed by atoms with Crippen LogP contribution in [0.15, 0.2) is 36.4 Å². The van der Waals surface area contributed by atoms with Crippen molar-refractivity contribution in [2.45, 2.75) is 59.0 Å². The Morgan fingerprint density at radius 1 is 1.08 bits per heavy atom. The van der Waals surface area contributed by atoms with E-state index in [1.54, 1.807) is 6.07 Å². The zero-order valence-electron chi connectivity index (χ0n) is 14.9. The quantitative estimate of drug-likeness (QED) is 0.736. The topological polar surface area (TPSA) is 20.2 Å². The molecule has 1 aliphatic rings. The van der Waals surface area contributed by atoms with Gasteiger partial charge in [-0.15, -0.1) is 0 Å². The van der Waals surface area contributed by atoms with E-state index in [2.05, 4.69) is 19.9 Å². The molecule has 24 heavy (non-hydrogen) atoms. The third-order valence-electron chi connectivity index (χ3n) is 5.59. The lowest BCUT2D eigenvalue weighted by Crippen LogP contribution is -2.26. The van der Waals surface area contributed by atoms with Crippen LogP contribution in [0.1, 0.15) is 62.1 Å². The fraction of sp³-hybridized carbons (Fsp3) is 0.455. The zero-order valence-corrected chi connectivity index (χ0v) is 14.9. The van der Waals surface area contributed by atoms with Gasteiger partial charge in [0.05, 0.1) is 6.61 Å². The Balaban J connectivity index is 2.18. The lowest BCUT2D eigenvalue weighted by Gasteiger charge is -2.40. The Labute approximate surface area is 144 Å². The first-order valence-electron chi connectivity index (χ1n) is 8.92. The third kappa shape index (κ3) is 3.25. The molecule has 1 atom stereocenters. The van der Waals surface area contributed by atoms with Gasteiger partial charge in [-0.2, -0.15) is 0 Å². The molecule has 1 saturated carbocycles. The number of hydrogen-bond donors (Lipinski definition) is 1. The summed E-state index contributed by atoms with van der Waals surface area (Å²) in [6.07, 6.45) is 4.80. The molecule has 3 rings (SSSR count). The molecule has 128 valence electrons. The number of hydrogen-bond acceptors (Lipinski definition) is 1. The van der Waals surface area contributed by atoms with Crippen LogP contribution < -0.4 is 0 Å². The number of rotatable bonds is 3. The largest absolute Gasteiger partial charge is 0.392 e. The second-order valence-electron chi connectivity index (χ2n) is 7.85. The minimum Gasteiger partial charge on any atom is -0.392 e. The van der Waals surface area contributed by atoms with Gasteiger partial charge in [0.25, 0.3) is 0 Å². The molecular weight excluding hydrogens is 299 g/mol. The number of aryl methyl sites for hydroxylation is 1. The van der Waals surface area contributed by atoms with E-state index < -0.39 is 0 Å². The van der Waals surface area contributed by atoms with E-state index in [1.165, 1.54) is 24.8 Å². The van der Waals surface area contributed by atoms with Crippen LogP contribution in [0, 0.1) is 18.2 Å². The van der Waals surface area contributed by atoms with Crippen molar-refractivity contribution in [2.24, 2.45) is 5.41 Å². The molecule has 0 radical (unpaired) electrons. The molecule has 1 aliphatic carbocycles. The van der Waals surface area contributed by atoms with Crippen molar-refractivity contribution >= 4 is 0 Å². The molecule has 1 unspecified atom stereocenters. The first-order valence-corrected chi connectivity index (χ1v) is 8.92. The van der Waals surface area contributed by atoms with Gasteiger partial charge in [-0.25, -0.2) is 4.39 Å². The normalized spacial score (nSPS) is 20.1. The lowest BCUT2D eigenvalue weighted by molar-refractivity contribution is 0.199. The summed E-state index contributed by atoms with van der Waals surface area (Å²) in [5.41, 5.74) is 5.01. The Hall–Kier alpha value is -1.67. The number of benzene rings is 2. The van der Waals surface area contributed by atoms with Crippen molar-refractivity contribution in [1.29, 1.82) is 0 Å². The van der Waals surface area contributed by atoms with Crippen LogP contribution >= 0.6 is 0 Å². The monoisotopic (exact) mass is 326 g/mol. The van der Waals surface area contributed by atoms with Crippen molar-refractivity contribution in [3.63, 3.8) is 0 Å². The maximum absolute atomic E-state index is 14.5. The number of aliphatic hydroxyl groups is 1. The van der Waals surface area contributed by atoms with Crippen LogP contribution in [-0.2, 0) is 6.61 Å². The highest BCUT2D eigenvalue weighted by atomic mass is 19.1. The highest BCUT2D eigenvalue weighted by molar-refractivity contribution is 5.70. The van der Waals surface area contributed by atoms with E-state index in [9.17, 15) is 9.50 Å². The molecule has 0 saturated heterocycles. The first kappa shape index (κ1) is 17.2. The second-order valence-corrected chi connectivity index (χ2v) is 7.85. The maximum atomic E-state index is 14.5. The average Bonchev–Trinajstić information content (AvgIpc) is 2.56. The summed E-state index contributed by atoms with van der Waals surface area (Å²) in [5, 5.41) is 9.58. The van der Waals surface area contributed by atoms with E-state index in [0.717, 1.165) is 23.1 Å². The van der Waals surface area contributed by atoms with Gasteiger partial charge in [-0.3, -0.25) is 0 Å². The summed E-state index contributed by atoms with van der Waals surface area (Å²) in [7, 11) is 0. The van der Waals surface area contributed by atoms with E-state index in [0.29, 0.717) is 11.5 Å². The van der Waals surface area contributed by atoms with Gasteiger partial charge in [-0.1, -0.05) is 56.5 Å². The van der Waals surface area contributed by atoms with Crippen LogP contribution in [0.3, 0.4) is 0 Å². The summed E-state index contributed by atoms with van der Waals surface area (Å²) in [4.78, 5) is 0. The molecule has 0 bridgehead atoms. The van der Waals surface area contributed by atoms with Gasteiger partial charge < -0.3 is 5.11 Å². The summed E-state index contributed by atoms with van der Waals surface area (Å²) < 4.78 is 14.5. The Bertz CT molecular complexity index is 733. The number of halogens is 1. The standard InChI is InChI=1S/C22H27FO/c1-15-7-10-21(23)19(12-15)17-9-8-16(14-24)13-18(17)20-6-4-5-11-22(20,2)3/h7-10,12-13,20,24H,4-6,11,14H2,1-3H3. The van der Waals surface area contributed by atoms with Gasteiger partial charge in [0.1, 0.15) is 5.82 Å². The second kappa shape index (κ2) is 6.68. The molecule has 2 heteroatoms. The smallest absolute Gasteiger partial charge is 0.131 e. The van der Waals surface area contributed by atoms with Crippen molar-refractivity contribution in [3.05, 3.63) is 58.9 Å². The van der Waals surface area contributed by atoms with Crippen LogP contribution in [0.4, 0.5) is 4.39 Å². The molecule has 0 amide bonds. The molecule has 0 aromatic heterocycles. The molecule has 2 aromatic carbocycles. The molecule has 0 heterocycles. The van der Waals surface area contributed by atoms with Gasteiger partial charge >= 0.3 is 0 Å². The lowest BCUT2D eigenvalue weighted by atomic mass is 9.65. The fourth-order valence-corrected chi connectivity index (χ4v) is 4.16. The van der Waals surface area contributed by atoms with Gasteiger partial charge in [-0.05, 0) is 59.9 Å². The van der Waals surface area contributed by atoms with Crippen molar-refractivity contribution in [1.82, 2.24) is 0 Å². The molecule has 0 aliphatic heterocycles. The number of aliphatic hydroxyl groups excluding tert-OH is 1. The molecular formula is C22H27FO. The van der Waals surface area contributed by atoms with Crippen molar-refractivity contribution in [3.8, 4) is 11.1 Å². The van der Waals surface area contributed by atoms with E-state index in [4.69, 9.17) is 0 Å². The third-order valence-corrected chi connectivity index (χ3v) is 5.59. The zero-order chi connectivity index (χ0) is 17.3. The summed E-state index contributed by atoms with van der Waals surface area (Å²) in [5.74, 6) is 0.222. The Morgan fingerprint density at radius 3 is 2.58 bits per heavy atom. The van der Waals surface area contributed by atoms with E-state index >= 15 is 0 Å². The van der Waals surface area contributed by atoms with Gasteiger partial charge in [0.2, 0.25) is 0 Å². The molecule has 1 nitrogen and oxygen atoms in total. The molecule has 1 fully saturated rings. The fourth-order valence-electron chi connectivity index (χ4n) is 4.16. The Morgan fingerprint density at radius 2 is 1.88 bits per heavy atom.